The van der Waals surface area contributed by atoms with Crippen molar-refractivity contribution >= 4 is 18.0 Å². The zero-order chi connectivity index (χ0) is 10.5. The van der Waals surface area contributed by atoms with E-state index in [9.17, 15) is 4.79 Å². The van der Waals surface area contributed by atoms with E-state index >= 15 is 0 Å². The van der Waals surface area contributed by atoms with Crippen molar-refractivity contribution < 1.29 is 4.79 Å². The minimum absolute atomic E-state index is 0.687. The number of benzene rings is 2. The number of carbonyl (C=O) groups is 1. The summed E-state index contributed by atoms with van der Waals surface area (Å²) < 4.78 is 0. The maximum absolute atomic E-state index is 10.6. The summed E-state index contributed by atoms with van der Waals surface area (Å²) >= 11 is 1.60. The van der Waals surface area contributed by atoms with Gasteiger partial charge in [-0.15, -0.1) is 0 Å². The van der Waals surface area contributed by atoms with E-state index in [1.165, 1.54) is 0 Å². The van der Waals surface area contributed by atoms with Gasteiger partial charge in [0.25, 0.3) is 0 Å². The lowest BCUT2D eigenvalue weighted by Gasteiger charge is -2.00. The van der Waals surface area contributed by atoms with Crippen LogP contribution in [-0.4, -0.2) is 6.29 Å². The highest BCUT2D eigenvalue weighted by Crippen LogP contribution is 2.26. The number of hydrogen-bond acceptors (Lipinski definition) is 2. The molecule has 0 aliphatic rings. The SMILES string of the molecule is O=Cc1cc[c]c(Sc2ccccc2)c1. The van der Waals surface area contributed by atoms with Crippen LogP contribution in [0.4, 0.5) is 0 Å². The average molecular weight is 213 g/mol. The largest absolute Gasteiger partial charge is 0.298 e. The lowest BCUT2D eigenvalue weighted by molar-refractivity contribution is 0.112. The predicted molar refractivity (Wildman–Crippen MR) is 61.2 cm³/mol. The Hall–Kier alpha value is -1.54. The second-order valence-electron chi connectivity index (χ2n) is 3.02. The van der Waals surface area contributed by atoms with Gasteiger partial charge in [0.1, 0.15) is 6.29 Å². The summed E-state index contributed by atoms with van der Waals surface area (Å²) in [5, 5.41) is 0. The first-order valence-electron chi connectivity index (χ1n) is 4.58. The quantitative estimate of drug-likeness (QED) is 0.726. The molecule has 2 aromatic carbocycles. The Morgan fingerprint density at radius 3 is 2.67 bits per heavy atom. The van der Waals surface area contributed by atoms with Crippen molar-refractivity contribution in [2.24, 2.45) is 0 Å². The maximum Gasteiger partial charge on any atom is 0.150 e. The van der Waals surface area contributed by atoms with Crippen LogP contribution in [0, 0.1) is 6.07 Å². The molecule has 1 nitrogen and oxygen atoms in total. The molecule has 0 aliphatic carbocycles. The third-order valence-electron chi connectivity index (χ3n) is 1.91. The van der Waals surface area contributed by atoms with Gasteiger partial charge in [0.15, 0.2) is 0 Å². The molecule has 0 N–H and O–H groups in total. The van der Waals surface area contributed by atoms with Crippen LogP contribution in [0.2, 0.25) is 0 Å². The van der Waals surface area contributed by atoms with Crippen molar-refractivity contribution in [2.45, 2.75) is 9.79 Å². The summed E-state index contributed by atoms with van der Waals surface area (Å²) in [5.41, 5.74) is 0.687. The van der Waals surface area contributed by atoms with Crippen LogP contribution in [0.5, 0.6) is 0 Å². The molecule has 1 radical (unpaired) electrons. The van der Waals surface area contributed by atoms with E-state index in [1.54, 1.807) is 23.9 Å². The van der Waals surface area contributed by atoms with Crippen LogP contribution in [0.15, 0.2) is 58.3 Å². The Balaban J connectivity index is 2.21. The fraction of sp³-hybridized carbons (Fsp3) is 0. The van der Waals surface area contributed by atoms with Gasteiger partial charge in [-0.1, -0.05) is 42.1 Å². The predicted octanol–water partition coefficient (Wildman–Crippen LogP) is 3.45. The van der Waals surface area contributed by atoms with Crippen molar-refractivity contribution in [1.29, 1.82) is 0 Å². The van der Waals surface area contributed by atoms with Gasteiger partial charge in [0.05, 0.1) is 0 Å². The van der Waals surface area contributed by atoms with E-state index in [0.717, 1.165) is 16.1 Å². The summed E-state index contributed by atoms with van der Waals surface area (Å²) in [7, 11) is 0. The summed E-state index contributed by atoms with van der Waals surface area (Å²) in [4.78, 5) is 12.7. The van der Waals surface area contributed by atoms with Gasteiger partial charge in [0, 0.05) is 15.4 Å². The molecule has 2 rings (SSSR count). The lowest BCUT2D eigenvalue weighted by Crippen LogP contribution is -1.80. The van der Waals surface area contributed by atoms with E-state index in [2.05, 4.69) is 6.07 Å². The molecule has 0 heterocycles. The average Bonchev–Trinajstić information content (AvgIpc) is 2.31. The second kappa shape index (κ2) is 4.80. The third kappa shape index (κ3) is 2.70. The summed E-state index contributed by atoms with van der Waals surface area (Å²) in [6.45, 7) is 0. The van der Waals surface area contributed by atoms with E-state index in [4.69, 9.17) is 0 Å². The molecule has 0 atom stereocenters. The molecule has 2 aromatic rings. The molecule has 0 spiro atoms. The Morgan fingerprint density at radius 2 is 1.93 bits per heavy atom. The Bertz CT molecular complexity index is 451. The van der Waals surface area contributed by atoms with Gasteiger partial charge in [-0.3, -0.25) is 4.79 Å². The lowest BCUT2D eigenvalue weighted by atomic mass is 10.2. The van der Waals surface area contributed by atoms with Crippen molar-refractivity contribution in [2.75, 3.05) is 0 Å². The highest BCUT2D eigenvalue weighted by atomic mass is 32.2. The maximum atomic E-state index is 10.6. The molecule has 0 fully saturated rings. The highest BCUT2D eigenvalue weighted by molar-refractivity contribution is 7.99. The molecule has 15 heavy (non-hydrogen) atoms. The summed E-state index contributed by atoms with van der Waals surface area (Å²) in [5.74, 6) is 0. The normalized spacial score (nSPS) is 9.87. The topological polar surface area (TPSA) is 17.1 Å². The molecule has 0 saturated carbocycles. The highest BCUT2D eigenvalue weighted by Gasteiger charge is 1.97. The van der Waals surface area contributed by atoms with Gasteiger partial charge in [-0.05, 0) is 24.3 Å². The Morgan fingerprint density at radius 1 is 1.13 bits per heavy atom. The van der Waals surface area contributed by atoms with Gasteiger partial charge >= 0.3 is 0 Å². The molecule has 0 aliphatic heterocycles. The number of hydrogen-bond donors (Lipinski definition) is 0. The third-order valence-corrected chi connectivity index (χ3v) is 2.87. The standard InChI is InChI=1S/C13H9OS/c14-10-11-5-4-8-13(9-11)15-12-6-2-1-3-7-12/h1-7,9-10H. The van der Waals surface area contributed by atoms with Crippen LogP contribution >= 0.6 is 11.8 Å². The van der Waals surface area contributed by atoms with E-state index in [0.29, 0.717) is 5.56 Å². The molecule has 0 amide bonds. The number of rotatable bonds is 3. The van der Waals surface area contributed by atoms with Crippen LogP contribution in [-0.2, 0) is 0 Å². The molecule has 0 bridgehead atoms. The van der Waals surface area contributed by atoms with Gasteiger partial charge < -0.3 is 0 Å². The molecule has 73 valence electrons. The van der Waals surface area contributed by atoms with Crippen LogP contribution in [0.3, 0.4) is 0 Å². The van der Waals surface area contributed by atoms with E-state index < -0.39 is 0 Å². The van der Waals surface area contributed by atoms with Crippen LogP contribution < -0.4 is 0 Å². The molecule has 0 unspecified atom stereocenters. The zero-order valence-corrected chi connectivity index (χ0v) is 8.83. The molecule has 2 heteroatoms. The van der Waals surface area contributed by atoms with Gasteiger partial charge in [-0.2, -0.15) is 0 Å². The van der Waals surface area contributed by atoms with E-state index in [-0.39, 0.29) is 0 Å². The van der Waals surface area contributed by atoms with E-state index in [1.807, 2.05) is 36.4 Å². The number of carbonyl (C=O) groups excluding carboxylic acids is 1. The van der Waals surface area contributed by atoms with Gasteiger partial charge in [-0.25, -0.2) is 0 Å². The molecule has 0 aromatic heterocycles. The first kappa shape index (κ1) is 9.99. The first-order valence-corrected chi connectivity index (χ1v) is 5.40. The fourth-order valence-corrected chi connectivity index (χ4v) is 2.08. The van der Waals surface area contributed by atoms with Crippen molar-refractivity contribution in [1.82, 2.24) is 0 Å². The monoisotopic (exact) mass is 213 g/mol. The minimum atomic E-state index is 0.687. The van der Waals surface area contributed by atoms with Gasteiger partial charge in [0.2, 0.25) is 0 Å². The minimum Gasteiger partial charge on any atom is -0.298 e. The van der Waals surface area contributed by atoms with Crippen LogP contribution in [0.25, 0.3) is 0 Å². The van der Waals surface area contributed by atoms with Crippen molar-refractivity contribution in [3.05, 3.63) is 60.2 Å². The van der Waals surface area contributed by atoms with Crippen molar-refractivity contribution in [3.63, 3.8) is 0 Å². The molecular formula is C13H9OS. The first-order chi connectivity index (χ1) is 7.38. The Kier molecular flexibility index (Phi) is 3.20. The smallest absolute Gasteiger partial charge is 0.150 e. The van der Waals surface area contributed by atoms with Crippen LogP contribution in [0.1, 0.15) is 10.4 Å². The molecule has 0 saturated heterocycles. The van der Waals surface area contributed by atoms with Crippen molar-refractivity contribution in [3.8, 4) is 0 Å². The second-order valence-corrected chi connectivity index (χ2v) is 4.13. The summed E-state index contributed by atoms with van der Waals surface area (Å²) in [6.07, 6.45) is 0.850. The zero-order valence-electron chi connectivity index (χ0n) is 8.01. The Labute approximate surface area is 93.1 Å². The number of aldehydes is 1. The summed E-state index contributed by atoms with van der Waals surface area (Å²) in [6, 6.07) is 18.5. The fourth-order valence-electron chi connectivity index (χ4n) is 1.21. The molecular weight excluding hydrogens is 204 g/mol.